The summed E-state index contributed by atoms with van der Waals surface area (Å²) in [5.74, 6) is 1.94. The number of methoxy groups -OCH3 is 1. The Morgan fingerprint density at radius 3 is 2.87 bits per heavy atom. The van der Waals surface area contributed by atoms with Gasteiger partial charge >= 0.3 is 0 Å². The molecule has 1 spiro atoms. The minimum Gasteiger partial charge on any atom is -0.493 e. The molecule has 2 heterocycles. The highest BCUT2D eigenvalue weighted by atomic mass is 16.5. The monoisotopic (exact) mass is 315 g/mol. The first-order valence-electron chi connectivity index (χ1n) is 8.42. The number of piperidine rings is 1. The zero-order chi connectivity index (χ0) is 16.4. The second-order valence-corrected chi connectivity index (χ2v) is 7.24. The van der Waals surface area contributed by atoms with Crippen LogP contribution in [-0.2, 0) is 5.41 Å². The van der Waals surface area contributed by atoms with Crippen LogP contribution in [0.2, 0.25) is 0 Å². The van der Waals surface area contributed by atoms with Crippen LogP contribution in [0.3, 0.4) is 0 Å². The lowest BCUT2D eigenvalue weighted by atomic mass is 9.57. The molecule has 0 bridgehead atoms. The summed E-state index contributed by atoms with van der Waals surface area (Å²) in [4.78, 5) is 2.41. The van der Waals surface area contributed by atoms with Crippen molar-refractivity contribution in [3.8, 4) is 11.5 Å². The summed E-state index contributed by atoms with van der Waals surface area (Å²) >= 11 is 0. The third kappa shape index (κ3) is 1.79. The van der Waals surface area contributed by atoms with Crippen molar-refractivity contribution in [1.29, 1.82) is 0 Å². The molecule has 1 unspecified atom stereocenters. The Kier molecular flexibility index (Phi) is 3.26. The lowest BCUT2D eigenvalue weighted by molar-refractivity contribution is -0.0369. The molecule has 5 atom stereocenters. The molecule has 1 saturated heterocycles. The van der Waals surface area contributed by atoms with Crippen molar-refractivity contribution in [1.82, 2.24) is 4.90 Å². The maximum atomic E-state index is 10.6. The van der Waals surface area contributed by atoms with Crippen LogP contribution in [0.25, 0.3) is 0 Å². The largest absolute Gasteiger partial charge is 0.493 e. The number of aliphatic hydroxyl groups is 1. The molecule has 2 aliphatic heterocycles. The zero-order valence-corrected chi connectivity index (χ0v) is 14.2. The van der Waals surface area contributed by atoms with Gasteiger partial charge in [-0.2, -0.15) is 0 Å². The molecule has 4 nitrogen and oxygen atoms in total. The molecule has 0 amide bonds. The summed E-state index contributed by atoms with van der Waals surface area (Å²) in [6.07, 6.45) is 4.32. The average Bonchev–Trinajstić information content (AvgIpc) is 2.89. The summed E-state index contributed by atoms with van der Waals surface area (Å²) in [6.45, 7) is 5.43. The van der Waals surface area contributed by atoms with Crippen LogP contribution in [0.1, 0.15) is 24.5 Å². The zero-order valence-electron chi connectivity index (χ0n) is 14.2. The van der Waals surface area contributed by atoms with Crippen molar-refractivity contribution in [2.45, 2.75) is 43.9 Å². The van der Waals surface area contributed by atoms with E-state index >= 15 is 0 Å². The number of likely N-dealkylation sites (tertiary alicyclic amines) is 1. The molecule has 1 fully saturated rings. The van der Waals surface area contributed by atoms with Crippen LogP contribution in [0.15, 0.2) is 24.3 Å². The molecule has 0 saturated carbocycles. The van der Waals surface area contributed by atoms with Gasteiger partial charge in [0.15, 0.2) is 11.5 Å². The van der Waals surface area contributed by atoms with Gasteiger partial charge in [0, 0.05) is 22.9 Å². The van der Waals surface area contributed by atoms with Crippen molar-refractivity contribution < 1.29 is 14.6 Å². The standard InChI is InChI=1S/C19H25NO3/c1-11-5-8-15(22-4)17-16(11)19-9-10-20(3)12(2)13(19)6-7-14(21)18(19)23-17/h5-8,12-14,18,21H,9-10H2,1-4H3/t12-,13?,14+,18+,19+/m1/s1. The minimum atomic E-state index is -0.571. The molecule has 3 aliphatic rings. The summed E-state index contributed by atoms with van der Waals surface area (Å²) in [7, 11) is 3.86. The van der Waals surface area contributed by atoms with Crippen molar-refractivity contribution in [2.75, 3.05) is 20.7 Å². The number of aryl methyl sites for hydroxylation is 1. The molecule has 1 aromatic rings. The van der Waals surface area contributed by atoms with Crippen LogP contribution < -0.4 is 9.47 Å². The molecule has 1 N–H and O–H groups in total. The number of benzene rings is 1. The highest BCUT2D eigenvalue weighted by Crippen LogP contribution is 2.59. The minimum absolute atomic E-state index is 0.159. The highest BCUT2D eigenvalue weighted by molar-refractivity contribution is 5.60. The number of aliphatic hydroxyl groups excluding tert-OH is 1. The molecular formula is C19H25NO3. The molecule has 4 heteroatoms. The smallest absolute Gasteiger partial charge is 0.165 e. The van der Waals surface area contributed by atoms with Gasteiger partial charge in [-0.1, -0.05) is 18.2 Å². The lowest BCUT2D eigenvalue weighted by Crippen LogP contribution is -2.61. The van der Waals surface area contributed by atoms with E-state index in [2.05, 4.69) is 37.9 Å². The van der Waals surface area contributed by atoms with E-state index in [0.29, 0.717) is 12.0 Å². The number of hydrogen-bond donors (Lipinski definition) is 1. The molecule has 0 radical (unpaired) electrons. The van der Waals surface area contributed by atoms with Crippen LogP contribution >= 0.6 is 0 Å². The Balaban J connectivity index is 1.97. The van der Waals surface area contributed by atoms with Gasteiger partial charge in [-0.25, -0.2) is 0 Å². The summed E-state index contributed by atoms with van der Waals surface area (Å²) < 4.78 is 11.9. The second-order valence-electron chi connectivity index (χ2n) is 7.24. The van der Waals surface area contributed by atoms with E-state index in [0.717, 1.165) is 24.5 Å². The Bertz CT molecular complexity index is 671. The van der Waals surface area contributed by atoms with E-state index in [1.807, 2.05) is 12.1 Å². The van der Waals surface area contributed by atoms with Crippen molar-refractivity contribution in [2.24, 2.45) is 5.92 Å². The van der Waals surface area contributed by atoms with E-state index < -0.39 is 6.10 Å². The second kappa shape index (κ2) is 4.99. The van der Waals surface area contributed by atoms with Gasteiger partial charge in [-0.05, 0) is 45.5 Å². The topological polar surface area (TPSA) is 41.9 Å². The molecule has 1 aromatic carbocycles. The Labute approximate surface area is 137 Å². The van der Waals surface area contributed by atoms with Gasteiger partial charge in [0.05, 0.1) is 7.11 Å². The number of nitrogens with zero attached hydrogens (tertiary/aromatic N) is 1. The molecular weight excluding hydrogens is 290 g/mol. The van der Waals surface area contributed by atoms with Gasteiger partial charge in [0.25, 0.3) is 0 Å². The van der Waals surface area contributed by atoms with E-state index in [1.165, 1.54) is 11.1 Å². The molecule has 4 rings (SSSR count). The number of hydrogen-bond acceptors (Lipinski definition) is 4. The third-order valence-electron chi connectivity index (χ3n) is 6.28. The first-order valence-corrected chi connectivity index (χ1v) is 8.42. The van der Waals surface area contributed by atoms with Gasteiger partial charge < -0.3 is 19.5 Å². The maximum absolute atomic E-state index is 10.6. The summed E-state index contributed by atoms with van der Waals surface area (Å²) in [5, 5.41) is 10.6. The van der Waals surface area contributed by atoms with Crippen LogP contribution in [0.4, 0.5) is 0 Å². The SMILES string of the molecule is COc1ccc(C)c2c1O[C@H]1[C@@H](O)C=CC3[C@@H](C)N(C)CC[C@@]231. The van der Waals surface area contributed by atoms with Crippen molar-refractivity contribution >= 4 is 0 Å². The fourth-order valence-electron chi connectivity index (χ4n) is 4.99. The predicted molar refractivity (Wildman–Crippen MR) is 89.2 cm³/mol. The van der Waals surface area contributed by atoms with Crippen molar-refractivity contribution in [3.63, 3.8) is 0 Å². The van der Waals surface area contributed by atoms with E-state index in [9.17, 15) is 5.11 Å². The predicted octanol–water partition coefficient (Wildman–Crippen LogP) is 2.27. The maximum Gasteiger partial charge on any atom is 0.165 e. The molecule has 23 heavy (non-hydrogen) atoms. The lowest BCUT2D eigenvalue weighted by Gasteiger charge is -2.52. The van der Waals surface area contributed by atoms with Gasteiger partial charge in [0.2, 0.25) is 0 Å². The quantitative estimate of drug-likeness (QED) is 0.807. The first-order chi connectivity index (χ1) is 11.0. The average molecular weight is 315 g/mol. The Morgan fingerprint density at radius 2 is 2.13 bits per heavy atom. The Hall–Kier alpha value is -1.52. The normalized spacial score (nSPS) is 38.5. The van der Waals surface area contributed by atoms with Crippen LogP contribution in [-0.4, -0.2) is 49.0 Å². The summed E-state index contributed by atoms with van der Waals surface area (Å²) in [5.41, 5.74) is 2.32. The van der Waals surface area contributed by atoms with E-state index in [-0.39, 0.29) is 11.5 Å². The van der Waals surface area contributed by atoms with Gasteiger partial charge in [-0.15, -0.1) is 0 Å². The fraction of sp³-hybridized carbons (Fsp3) is 0.579. The fourth-order valence-corrected chi connectivity index (χ4v) is 4.99. The summed E-state index contributed by atoms with van der Waals surface area (Å²) in [6, 6.07) is 4.49. The molecule has 124 valence electrons. The van der Waals surface area contributed by atoms with Gasteiger partial charge in [-0.3, -0.25) is 0 Å². The third-order valence-corrected chi connectivity index (χ3v) is 6.28. The number of fused-ring (bicyclic) bond motifs is 1. The molecule has 1 aliphatic carbocycles. The van der Waals surface area contributed by atoms with E-state index in [4.69, 9.17) is 9.47 Å². The van der Waals surface area contributed by atoms with Gasteiger partial charge in [0.1, 0.15) is 12.2 Å². The number of ether oxygens (including phenoxy) is 2. The van der Waals surface area contributed by atoms with Crippen molar-refractivity contribution in [3.05, 3.63) is 35.4 Å². The first kappa shape index (κ1) is 15.0. The highest BCUT2D eigenvalue weighted by Gasteiger charge is 2.61. The molecule has 0 aromatic heterocycles. The van der Waals surface area contributed by atoms with Crippen LogP contribution in [0.5, 0.6) is 11.5 Å². The Morgan fingerprint density at radius 1 is 1.35 bits per heavy atom. The van der Waals surface area contributed by atoms with E-state index in [1.54, 1.807) is 7.11 Å². The van der Waals surface area contributed by atoms with Crippen LogP contribution in [0, 0.1) is 12.8 Å². The number of rotatable bonds is 1.